The molecule has 5 N–H and O–H groups in total. The fourth-order valence-corrected chi connectivity index (χ4v) is 6.40. The number of benzene rings is 4. The highest BCUT2D eigenvalue weighted by Crippen LogP contribution is 2.38. The van der Waals surface area contributed by atoms with Gasteiger partial charge >= 0.3 is 0 Å². The normalized spacial score (nSPS) is 11.2. The first kappa shape index (κ1) is 34.9. The van der Waals surface area contributed by atoms with Crippen LogP contribution >= 0.6 is 11.6 Å². The minimum absolute atomic E-state index is 0.121. The summed E-state index contributed by atoms with van der Waals surface area (Å²) in [4.78, 5) is 58.1. The molecule has 0 saturated heterocycles. The number of furan rings is 1. The third-order valence-electron chi connectivity index (χ3n) is 8.45. The molecule has 0 bridgehead atoms. The number of carbonyl (C=O) groups is 2. The van der Waals surface area contributed by atoms with Crippen molar-refractivity contribution in [3.63, 3.8) is 0 Å². The van der Waals surface area contributed by atoms with Crippen LogP contribution in [0.3, 0.4) is 0 Å². The van der Waals surface area contributed by atoms with Gasteiger partial charge in [0, 0.05) is 40.4 Å². The van der Waals surface area contributed by atoms with Crippen molar-refractivity contribution in [1.82, 2.24) is 15.0 Å². The summed E-state index contributed by atoms with van der Waals surface area (Å²) in [5.41, 5.74) is 5.45. The van der Waals surface area contributed by atoms with Crippen LogP contribution in [0.1, 0.15) is 13.8 Å². The molecule has 0 aliphatic carbocycles. The van der Waals surface area contributed by atoms with Crippen LogP contribution < -0.4 is 21.8 Å². The van der Waals surface area contributed by atoms with Crippen LogP contribution in [0.5, 0.6) is 0 Å². The number of aromatic amines is 3. The number of nitrogens with one attached hydrogen (secondary N) is 5. The topological polar surface area (TPSA) is 162 Å². The lowest BCUT2D eigenvalue weighted by atomic mass is 10.0. The zero-order valence-corrected chi connectivity index (χ0v) is 29.1. The second-order valence-corrected chi connectivity index (χ2v) is 12.5. The summed E-state index contributed by atoms with van der Waals surface area (Å²) in [6, 6.07) is 28.1. The number of hydrogen-bond acceptors (Lipinski definition) is 6. The maximum atomic E-state index is 13.8. The lowest BCUT2D eigenvalue weighted by molar-refractivity contribution is -0.120. The molecule has 0 atom stereocenters. The van der Waals surface area contributed by atoms with Crippen molar-refractivity contribution in [2.45, 2.75) is 13.8 Å². The Labute approximate surface area is 304 Å². The first-order chi connectivity index (χ1) is 25.6. The molecule has 4 aromatic heterocycles. The van der Waals surface area contributed by atoms with Crippen LogP contribution in [0.4, 0.5) is 15.8 Å². The van der Waals surface area contributed by atoms with Crippen LogP contribution in [0.15, 0.2) is 111 Å². The highest BCUT2D eigenvalue weighted by Gasteiger charge is 2.22. The van der Waals surface area contributed by atoms with E-state index in [0.717, 1.165) is 11.1 Å². The van der Waals surface area contributed by atoms with E-state index in [9.17, 15) is 23.6 Å². The average molecular weight is 732 g/mol. The van der Waals surface area contributed by atoms with Gasteiger partial charge in [0.05, 0.1) is 22.1 Å². The molecule has 2 amide bonds. The molecule has 0 saturated carbocycles. The summed E-state index contributed by atoms with van der Waals surface area (Å²) in [6.45, 7) is 3.38. The highest BCUT2D eigenvalue weighted by atomic mass is 35.5. The van der Waals surface area contributed by atoms with Crippen LogP contribution in [-0.4, -0.2) is 40.0 Å². The Balaban J connectivity index is 0.000000165. The molecule has 4 aromatic carbocycles. The summed E-state index contributed by atoms with van der Waals surface area (Å²) in [5.74, 6) is -1.16. The standard InChI is InChI=1S/C21H18FN3O3.C19H13ClN2O3/c1-2-28-11-16(26)24-20-17(12-6-4-3-5-7-12)19-18(25-21(20)27)14-10-13(22)8-9-15(14)23-19;1-10(23)21-17-15(11-5-3-2-4-6-11)18-16(22-19(17)24)13-9-12(20)7-8-14(13)25-18/h3-10,23H,2,11H2,1H3,(H,24,26)(H,25,27);2-9H,1H3,(H,21,23)(H,22,24). The van der Waals surface area contributed by atoms with Crippen LogP contribution in [0, 0.1) is 5.82 Å². The molecule has 0 radical (unpaired) electrons. The monoisotopic (exact) mass is 731 g/mol. The second kappa shape index (κ2) is 14.6. The number of H-pyrrole nitrogens is 3. The van der Waals surface area contributed by atoms with Gasteiger partial charge in [0.25, 0.3) is 17.0 Å². The van der Waals surface area contributed by atoms with Crippen molar-refractivity contribution < 1.29 is 23.1 Å². The lowest BCUT2D eigenvalue weighted by Gasteiger charge is -2.12. The number of halogens is 2. The van der Waals surface area contributed by atoms with Crippen molar-refractivity contribution >= 4 is 78.8 Å². The van der Waals surface area contributed by atoms with E-state index in [1.165, 1.54) is 19.1 Å². The lowest BCUT2D eigenvalue weighted by Crippen LogP contribution is -2.24. The number of pyridine rings is 2. The summed E-state index contributed by atoms with van der Waals surface area (Å²) >= 11 is 6.08. The van der Waals surface area contributed by atoms with E-state index in [1.807, 2.05) is 60.7 Å². The number of fused-ring (bicyclic) bond motifs is 6. The third kappa shape index (κ3) is 6.93. The number of hydrogen-bond donors (Lipinski definition) is 5. The number of rotatable bonds is 7. The summed E-state index contributed by atoms with van der Waals surface area (Å²) in [7, 11) is 0. The molecule has 13 heteroatoms. The maximum absolute atomic E-state index is 13.8. The average Bonchev–Trinajstić information content (AvgIpc) is 3.68. The number of ether oxygens (including phenoxy) is 1. The van der Waals surface area contributed by atoms with E-state index in [2.05, 4.69) is 25.6 Å². The maximum Gasteiger partial charge on any atom is 0.273 e. The molecule has 8 aromatic rings. The molecule has 266 valence electrons. The molecule has 53 heavy (non-hydrogen) atoms. The molecule has 0 aliphatic heterocycles. The van der Waals surface area contributed by atoms with Gasteiger partial charge in [-0.1, -0.05) is 72.3 Å². The largest absolute Gasteiger partial charge is 0.454 e. The SMILES string of the molecule is CC(=O)Nc1c(-c2ccccc2)c2oc3ccc(Cl)cc3c2[nH]c1=O.CCOCC(=O)Nc1c(-c2ccccc2)c2[nH]c3ccc(F)cc3c2[nH]c1=O. The zero-order valence-electron chi connectivity index (χ0n) is 28.4. The summed E-state index contributed by atoms with van der Waals surface area (Å²) in [5, 5.41) is 7.10. The predicted molar refractivity (Wildman–Crippen MR) is 206 cm³/mol. The van der Waals surface area contributed by atoms with Crippen molar-refractivity contribution in [1.29, 1.82) is 0 Å². The molecule has 0 spiro atoms. The van der Waals surface area contributed by atoms with E-state index in [1.54, 1.807) is 31.2 Å². The number of carbonyl (C=O) groups excluding carboxylic acids is 2. The Morgan fingerprint density at radius 1 is 0.755 bits per heavy atom. The van der Waals surface area contributed by atoms with Crippen molar-refractivity contribution in [2.24, 2.45) is 0 Å². The van der Waals surface area contributed by atoms with Crippen molar-refractivity contribution in [2.75, 3.05) is 23.8 Å². The van der Waals surface area contributed by atoms with Gasteiger partial charge in [0.15, 0.2) is 5.58 Å². The molecular weight excluding hydrogens is 701 g/mol. The highest BCUT2D eigenvalue weighted by molar-refractivity contribution is 6.31. The minimum Gasteiger partial charge on any atom is -0.454 e. The Morgan fingerprint density at radius 3 is 2.06 bits per heavy atom. The van der Waals surface area contributed by atoms with Crippen LogP contribution in [-0.2, 0) is 14.3 Å². The fourth-order valence-electron chi connectivity index (χ4n) is 6.23. The van der Waals surface area contributed by atoms with Gasteiger partial charge in [0.1, 0.15) is 29.4 Å². The predicted octanol–water partition coefficient (Wildman–Crippen LogP) is 8.34. The second-order valence-electron chi connectivity index (χ2n) is 12.0. The molecule has 0 unspecified atom stereocenters. The first-order valence-corrected chi connectivity index (χ1v) is 16.9. The fraction of sp³-hybridized carbons (Fsp3) is 0.100. The zero-order chi connectivity index (χ0) is 37.2. The number of aromatic nitrogens is 3. The molecular formula is C40H31ClFN5O6. The smallest absolute Gasteiger partial charge is 0.273 e. The summed E-state index contributed by atoms with van der Waals surface area (Å²) in [6.07, 6.45) is 0. The van der Waals surface area contributed by atoms with E-state index in [-0.39, 0.29) is 23.9 Å². The Kier molecular flexibility index (Phi) is 9.64. The van der Waals surface area contributed by atoms with Crippen LogP contribution in [0.25, 0.3) is 66.3 Å². The minimum atomic E-state index is -0.471. The van der Waals surface area contributed by atoms with E-state index in [4.69, 9.17) is 20.8 Å². The molecule has 4 heterocycles. The third-order valence-corrected chi connectivity index (χ3v) is 8.68. The molecule has 0 fully saturated rings. The van der Waals surface area contributed by atoms with Gasteiger partial charge in [-0.05, 0) is 54.4 Å². The molecule has 0 aliphatic rings. The number of amides is 2. The van der Waals surface area contributed by atoms with Crippen molar-refractivity contribution in [3.8, 4) is 22.3 Å². The van der Waals surface area contributed by atoms with Crippen LogP contribution in [0.2, 0.25) is 5.02 Å². The number of anilines is 2. The van der Waals surface area contributed by atoms with Gasteiger partial charge in [0.2, 0.25) is 5.91 Å². The van der Waals surface area contributed by atoms with Gasteiger partial charge in [-0.3, -0.25) is 19.2 Å². The molecule has 11 nitrogen and oxygen atoms in total. The summed E-state index contributed by atoms with van der Waals surface area (Å²) < 4.78 is 24.9. The molecule has 8 rings (SSSR count). The van der Waals surface area contributed by atoms with E-state index < -0.39 is 22.8 Å². The Bertz CT molecular complexity index is 2790. The van der Waals surface area contributed by atoms with Gasteiger partial charge < -0.3 is 34.7 Å². The van der Waals surface area contributed by atoms with Gasteiger partial charge in [-0.15, -0.1) is 0 Å². The van der Waals surface area contributed by atoms with Gasteiger partial charge in [-0.2, -0.15) is 0 Å². The van der Waals surface area contributed by atoms with E-state index in [0.29, 0.717) is 66.8 Å². The Hall–Kier alpha value is -6.50. The van der Waals surface area contributed by atoms with Crippen molar-refractivity contribution in [3.05, 3.63) is 129 Å². The Morgan fingerprint density at radius 2 is 1.40 bits per heavy atom. The first-order valence-electron chi connectivity index (χ1n) is 16.5. The quantitative estimate of drug-likeness (QED) is 0.111. The van der Waals surface area contributed by atoms with E-state index >= 15 is 0 Å². The van der Waals surface area contributed by atoms with Gasteiger partial charge in [-0.25, -0.2) is 4.39 Å².